The van der Waals surface area contributed by atoms with E-state index >= 15 is 0 Å². The maximum Gasteiger partial charge on any atom is 0.330 e. The summed E-state index contributed by atoms with van der Waals surface area (Å²) in [5.74, 6) is 0.297. The molecule has 5 rings (SSSR count). The highest BCUT2D eigenvalue weighted by atomic mass is 16.6. The number of nitrogens with zero attached hydrogens (tertiary/aromatic N) is 1. The molecule has 1 N–H and O–H groups in total. The van der Waals surface area contributed by atoms with Crippen LogP contribution in [0.25, 0.3) is 0 Å². The van der Waals surface area contributed by atoms with E-state index in [1.807, 2.05) is 60.7 Å². The summed E-state index contributed by atoms with van der Waals surface area (Å²) in [6.45, 7) is 7.30. The van der Waals surface area contributed by atoms with Crippen molar-refractivity contribution in [1.29, 1.82) is 0 Å². The molecule has 1 saturated carbocycles. The predicted octanol–water partition coefficient (Wildman–Crippen LogP) is 3.82. The molecule has 2 heterocycles. The van der Waals surface area contributed by atoms with Crippen molar-refractivity contribution in [3.05, 3.63) is 104 Å². The lowest BCUT2D eigenvalue weighted by Crippen LogP contribution is -2.49. The molecule has 1 aromatic heterocycles. The molecule has 1 aliphatic heterocycles. The third kappa shape index (κ3) is 4.29. The summed E-state index contributed by atoms with van der Waals surface area (Å²) < 4.78 is 21.0. The van der Waals surface area contributed by atoms with Crippen molar-refractivity contribution in [3.8, 4) is 0 Å². The number of benzene rings is 2. The second-order valence-corrected chi connectivity index (χ2v) is 9.86. The Morgan fingerprint density at radius 2 is 1.60 bits per heavy atom. The van der Waals surface area contributed by atoms with Crippen LogP contribution in [0.5, 0.6) is 0 Å². The first-order chi connectivity index (χ1) is 16.9. The number of ether oxygens (including phenoxy) is 3. The number of aromatic nitrogens is 2. The number of hydrogen-bond donors (Lipinski definition) is 1. The minimum absolute atomic E-state index is 0.0722. The molecule has 3 aromatic rings. The lowest BCUT2D eigenvalue weighted by atomic mass is 9.85. The average molecular weight is 477 g/mol. The fourth-order valence-electron chi connectivity index (χ4n) is 5.71. The topological polar surface area (TPSA) is 82.6 Å². The first kappa shape index (κ1) is 23.7. The summed E-state index contributed by atoms with van der Waals surface area (Å²) in [5, 5.41) is 0. The van der Waals surface area contributed by atoms with Gasteiger partial charge in [0, 0.05) is 17.7 Å². The van der Waals surface area contributed by atoms with Gasteiger partial charge in [-0.25, -0.2) is 4.79 Å². The maximum absolute atomic E-state index is 12.8. The minimum Gasteiger partial charge on any atom is -0.374 e. The van der Waals surface area contributed by atoms with Crippen molar-refractivity contribution in [2.45, 2.75) is 51.9 Å². The number of aromatic amines is 1. The van der Waals surface area contributed by atoms with Crippen LogP contribution in [0.3, 0.4) is 0 Å². The van der Waals surface area contributed by atoms with E-state index < -0.39 is 17.5 Å². The lowest BCUT2D eigenvalue weighted by Gasteiger charge is -2.39. The normalized spacial score (nSPS) is 29.5. The van der Waals surface area contributed by atoms with Crippen LogP contribution in [0, 0.1) is 24.7 Å². The number of aryl methyl sites for hydroxylation is 1. The first-order valence-corrected chi connectivity index (χ1v) is 12.2. The molecule has 7 heteroatoms. The monoisotopic (exact) mass is 476 g/mol. The number of nitrogens with one attached hydrogen (secondary N) is 1. The first-order valence-electron chi connectivity index (χ1n) is 12.2. The van der Waals surface area contributed by atoms with Gasteiger partial charge in [0.25, 0.3) is 5.56 Å². The Hall–Kier alpha value is -3.00. The van der Waals surface area contributed by atoms with E-state index in [0.717, 1.165) is 11.1 Å². The van der Waals surface area contributed by atoms with Crippen LogP contribution in [0.1, 0.15) is 36.8 Å². The van der Waals surface area contributed by atoms with Gasteiger partial charge in [-0.1, -0.05) is 74.5 Å². The van der Waals surface area contributed by atoms with E-state index in [0.29, 0.717) is 25.4 Å². The highest BCUT2D eigenvalue weighted by molar-refractivity contribution is 5.18. The summed E-state index contributed by atoms with van der Waals surface area (Å²) in [6.07, 6.45) is 0.773. The van der Waals surface area contributed by atoms with Crippen molar-refractivity contribution in [3.63, 3.8) is 0 Å². The Morgan fingerprint density at radius 3 is 2.26 bits per heavy atom. The van der Waals surface area contributed by atoms with Gasteiger partial charge in [0.1, 0.15) is 11.8 Å². The Bertz CT molecular complexity index is 1270. The molecule has 6 atom stereocenters. The quantitative estimate of drug-likeness (QED) is 0.535. The van der Waals surface area contributed by atoms with E-state index in [4.69, 9.17) is 14.2 Å². The fourth-order valence-corrected chi connectivity index (χ4v) is 5.71. The molecule has 2 aliphatic rings. The Balaban J connectivity index is 1.47. The second kappa shape index (κ2) is 9.57. The van der Waals surface area contributed by atoms with Crippen molar-refractivity contribution in [2.75, 3.05) is 6.61 Å². The maximum atomic E-state index is 12.8. The van der Waals surface area contributed by atoms with Crippen LogP contribution in [-0.2, 0) is 27.4 Å². The molecular formula is C28H32N2O5. The van der Waals surface area contributed by atoms with E-state index in [1.54, 1.807) is 13.1 Å². The van der Waals surface area contributed by atoms with Crippen LogP contribution in [0.15, 0.2) is 76.4 Å². The summed E-state index contributed by atoms with van der Waals surface area (Å²) in [6, 6.07) is 20.1. The zero-order valence-corrected chi connectivity index (χ0v) is 20.3. The molecule has 1 aliphatic carbocycles. The van der Waals surface area contributed by atoms with E-state index in [-0.39, 0.29) is 29.4 Å². The van der Waals surface area contributed by atoms with E-state index in [1.165, 1.54) is 4.57 Å². The zero-order chi connectivity index (χ0) is 24.6. The minimum atomic E-state index is -0.720. The van der Waals surface area contributed by atoms with Gasteiger partial charge in [0.2, 0.25) is 0 Å². The van der Waals surface area contributed by atoms with Crippen LogP contribution >= 0.6 is 0 Å². The highest BCUT2D eigenvalue weighted by Gasteiger charge is 2.68. The highest BCUT2D eigenvalue weighted by Crippen LogP contribution is 2.59. The molecule has 7 nitrogen and oxygen atoms in total. The standard InChI is InChI=1S/C28H32N2O5/c1-18-14-30(27(32)29-25(18)31)26-23-19(2)20(3)28(35-26,17-33-15-21-10-6-4-7-11-21)24(23)34-16-22-12-8-5-9-13-22/h4-14,19-20,23-24,26H,15-17H2,1-3H3,(H,29,31,32)/t19-,20+,23-,24+,26-,28+/m1/s1. The van der Waals surface area contributed by atoms with E-state index in [2.05, 4.69) is 18.8 Å². The number of H-pyrrole nitrogens is 1. The number of rotatable bonds is 8. The van der Waals surface area contributed by atoms with Gasteiger partial charge < -0.3 is 14.2 Å². The predicted molar refractivity (Wildman–Crippen MR) is 132 cm³/mol. The SMILES string of the molecule is Cc1cn([C@@H]2O[C@@]3(COCc4ccccc4)[C@@H](C)[C@@H](C)[C@@H]2[C@@H]3OCc2ccccc2)c(=O)[nH]c1=O. The van der Waals surface area contributed by atoms with Gasteiger partial charge in [0.05, 0.1) is 25.9 Å². The Kier molecular flexibility index (Phi) is 6.49. The smallest absolute Gasteiger partial charge is 0.330 e. The van der Waals surface area contributed by atoms with E-state index in [9.17, 15) is 9.59 Å². The van der Waals surface area contributed by atoms with Crippen molar-refractivity contribution in [2.24, 2.45) is 17.8 Å². The molecule has 0 amide bonds. The van der Waals surface area contributed by atoms with Crippen molar-refractivity contribution >= 4 is 0 Å². The summed E-state index contributed by atoms with van der Waals surface area (Å²) in [7, 11) is 0. The third-order valence-corrected chi connectivity index (χ3v) is 7.80. The van der Waals surface area contributed by atoms with Crippen LogP contribution in [0.2, 0.25) is 0 Å². The van der Waals surface area contributed by atoms with Gasteiger partial charge in [-0.2, -0.15) is 0 Å². The van der Waals surface area contributed by atoms with Gasteiger partial charge in [-0.3, -0.25) is 14.3 Å². The third-order valence-electron chi connectivity index (χ3n) is 7.80. The second-order valence-electron chi connectivity index (χ2n) is 9.86. The molecule has 2 fully saturated rings. The Labute approximate surface area is 204 Å². The lowest BCUT2D eigenvalue weighted by molar-refractivity contribution is -0.193. The zero-order valence-electron chi connectivity index (χ0n) is 20.3. The van der Waals surface area contributed by atoms with Crippen molar-refractivity contribution < 1.29 is 14.2 Å². The number of fused-ring (bicyclic) bond motifs is 2. The van der Waals surface area contributed by atoms with Crippen LogP contribution in [0.4, 0.5) is 0 Å². The van der Waals surface area contributed by atoms with Crippen LogP contribution < -0.4 is 11.2 Å². The average Bonchev–Trinajstić information content (AvgIpc) is 3.28. The molecule has 0 radical (unpaired) electrons. The molecule has 184 valence electrons. The van der Waals surface area contributed by atoms with Crippen molar-refractivity contribution in [1.82, 2.24) is 9.55 Å². The number of hydrogen-bond acceptors (Lipinski definition) is 5. The Morgan fingerprint density at radius 1 is 0.971 bits per heavy atom. The summed E-state index contributed by atoms with van der Waals surface area (Å²) in [4.78, 5) is 27.2. The molecule has 35 heavy (non-hydrogen) atoms. The molecule has 2 aromatic carbocycles. The molecular weight excluding hydrogens is 444 g/mol. The fraction of sp³-hybridized carbons (Fsp3) is 0.429. The van der Waals surface area contributed by atoms with Gasteiger partial charge in [-0.15, -0.1) is 0 Å². The molecule has 0 spiro atoms. The summed E-state index contributed by atoms with van der Waals surface area (Å²) in [5.41, 5.74) is 1.06. The molecule has 0 unspecified atom stereocenters. The molecule has 2 bridgehead atoms. The van der Waals surface area contributed by atoms with Gasteiger partial charge in [0.15, 0.2) is 0 Å². The van der Waals surface area contributed by atoms with Crippen LogP contribution in [-0.4, -0.2) is 27.9 Å². The molecule has 1 saturated heterocycles. The van der Waals surface area contributed by atoms with Gasteiger partial charge in [-0.05, 0) is 29.9 Å². The van der Waals surface area contributed by atoms with Gasteiger partial charge >= 0.3 is 5.69 Å². The summed E-state index contributed by atoms with van der Waals surface area (Å²) >= 11 is 0. The largest absolute Gasteiger partial charge is 0.374 e.